The van der Waals surface area contributed by atoms with Crippen molar-refractivity contribution in [3.8, 4) is 0 Å². The summed E-state index contributed by atoms with van der Waals surface area (Å²) in [6.07, 6.45) is 2.95. The fourth-order valence-corrected chi connectivity index (χ4v) is 3.97. The van der Waals surface area contributed by atoms with Gasteiger partial charge in [-0.3, -0.25) is 0 Å². The third kappa shape index (κ3) is 3.64. The molecule has 2 fully saturated rings. The summed E-state index contributed by atoms with van der Waals surface area (Å²) < 4.78 is 34.1. The highest BCUT2D eigenvalue weighted by Crippen LogP contribution is 2.18. The van der Waals surface area contributed by atoms with Crippen molar-refractivity contribution >= 4 is 10.2 Å². The Hall–Kier alpha value is -0.210. The number of piperidine rings is 1. The molecule has 106 valence electrons. The van der Waals surface area contributed by atoms with Crippen LogP contribution in [0.5, 0.6) is 0 Å². The van der Waals surface area contributed by atoms with Crippen LogP contribution < -0.4 is 10.0 Å². The van der Waals surface area contributed by atoms with E-state index in [1.807, 2.05) is 6.92 Å². The van der Waals surface area contributed by atoms with E-state index in [1.54, 1.807) is 4.31 Å². The molecule has 18 heavy (non-hydrogen) atoms. The van der Waals surface area contributed by atoms with Crippen LogP contribution in [-0.4, -0.2) is 57.7 Å². The lowest BCUT2D eigenvalue weighted by atomic mass is 10.1. The Labute approximate surface area is 109 Å². The summed E-state index contributed by atoms with van der Waals surface area (Å²) in [4.78, 5) is 0. The quantitative estimate of drug-likeness (QED) is 0.739. The molecule has 0 aromatic rings. The molecule has 6 nitrogen and oxygen atoms in total. The van der Waals surface area contributed by atoms with Crippen molar-refractivity contribution in [1.29, 1.82) is 0 Å². The summed E-state index contributed by atoms with van der Waals surface area (Å²) in [7, 11) is -3.36. The van der Waals surface area contributed by atoms with Crippen molar-refractivity contribution < 1.29 is 13.2 Å². The molecule has 0 spiro atoms. The predicted molar refractivity (Wildman–Crippen MR) is 69.6 cm³/mol. The Balaban J connectivity index is 1.85. The number of hydrogen-bond acceptors (Lipinski definition) is 4. The standard InChI is InChI=1S/C11H23N3O3S/c1-10-4-2-3-6-14(10)18(15,16)13-9-11-8-12-5-7-17-11/h10-13H,2-9H2,1H3. The number of rotatable bonds is 4. The van der Waals surface area contributed by atoms with E-state index < -0.39 is 10.2 Å². The molecule has 0 radical (unpaired) electrons. The van der Waals surface area contributed by atoms with Crippen LogP contribution in [0.1, 0.15) is 26.2 Å². The summed E-state index contributed by atoms with van der Waals surface area (Å²) in [5.41, 5.74) is 0. The third-order valence-corrected chi connectivity index (χ3v) is 5.24. The van der Waals surface area contributed by atoms with Crippen molar-refractivity contribution in [2.45, 2.75) is 38.3 Å². The number of ether oxygens (including phenoxy) is 1. The highest BCUT2D eigenvalue weighted by atomic mass is 32.2. The van der Waals surface area contributed by atoms with Gasteiger partial charge in [0.2, 0.25) is 0 Å². The molecular formula is C11H23N3O3S. The van der Waals surface area contributed by atoms with Gasteiger partial charge in [-0.2, -0.15) is 17.4 Å². The second-order valence-electron chi connectivity index (χ2n) is 5.01. The summed E-state index contributed by atoms with van der Waals surface area (Å²) in [5.74, 6) is 0. The van der Waals surface area contributed by atoms with E-state index in [1.165, 1.54) is 0 Å². The second kappa shape index (κ2) is 6.29. The largest absolute Gasteiger partial charge is 0.374 e. The van der Waals surface area contributed by atoms with Gasteiger partial charge in [-0.15, -0.1) is 0 Å². The van der Waals surface area contributed by atoms with Crippen molar-refractivity contribution in [3.05, 3.63) is 0 Å². The molecule has 0 bridgehead atoms. The first-order valence-corrected chi connectivity index (χ1v) is 8.12. The Morgan fingerprint density at radius 3 is 2.94 bits per heavy atom. The normalized spacial score (nSPS) is 31.4. The zero-order chi connectivity index (χ0) is 13.0. The molecule has 0 aromatic heterocycles. The maximum atomic E-state index is 12.2. The van der Waals surface area contributed by atoms with Crippen LogP contribution in [0, 0.1) is 0 Å². The first-order valence-electron chi connectivity index (χ1n) is 6.68. The van der Waals surface area contributed by atoms with Gasteiger partial charge in [-0.05, 0) is 19.8 Å². The average Bonchev–Trinajstić information content (AvgIpc) is 2.38. The molecule has 2 atom stereocenters. The Morgan fingerprint density at radius 2 is 2.28 bits per heavy atom. The predicted octanol–water partition coefficient (Wildman–Crippen LogP) is -0.316. The highest BCUT2D eigenvalue weighted by molar-refractivity contribution is 7.87. The minimum absolute atomic E-state index is 0.0615. The molecule has 2 saturated heterocycles. The van der Waals surface area contributed by atoms with Crippen molar-refractivity contribution in [2.24, 2.45) is 0 Å². The van der Waals surface area contributed by atoms with E-state index in [-0.39, 0.29) is 12.1 Å². The SMILES string of the molecule is CC1CCCCN1S(=O)(=O)NCC1CNCCO1. The number of nitrogens with zero attached hydrogens (tertiary/aromatic N) is 1. The van der Waals surface area contributed by atoms with Crippen LogP contribution in [0.4, 0.5) is 0 Å². The van der Waals surface area contributed by atoms with E-state index in [2.05, 4.69) is 10.0 Å². The summed E-state index contributed by atoms with van der Waals surface area (Å²) >= 11 is 0. The van der Waals surface area contributed by atoms with Crippen LogP contribution in [-0.2, 0) is 14.9 Å². The van der Waals surface area contributed by atoms with Gasteiger partial charge in [0, 0.05) is 32.2 Å². The molecule has 2 heterocycles. The van der Waals surface area contributed by atoms with Crippen molar-refractivity contribution in [2.75, 3.05) is 32.8 Å². The molecule has 2 rings (SSSR count). The lowest BCUT2D eigenvalue weighted by Gasteiger charge is -2.33. The van der Waals surface area contributed by atoms with Gasteiger partial charge < -0.3 is 10.1 Å². The molecule has 2 aliphatic heterocycles. The monoisotopic (exact) mass is 277 g/mol. The van der Waals surface area contributed by atoms with E-state index in [9.17, 15) is 8.42 Å². The van der Waals surface area contributed by atoms with Crippen LogP contribution in [0.15, 0.2) is 0 Å². The van der Waals surface area contributed by atoms with Crippen LogP contribution in [0.3, 0.4) is 0 Å². The van der Waals surface area contributed by atoms with Crippen LogP contribution in [0.25, 0.3) is 0 Å². The smallest absolute Gasteiger partial charge is 0.279 e. The molecular weight excluding hydrogens is 254 g/mol. The first-order chi connectivity index (χ1) is 8.59. The number of hydrogen-bond donors (Lipinski definition) is 2. The summed E-state index contributed by atoms with van der Waals surface area (Å²) in [6.45, 7) is 5.13. The maximum Gasteiger partial charge on any atom is 0.279 e. The molecule has 2 aliphatic rings. The summed E-state index contributed by atoms with van der Waals surface area (Å²) in [6, 6.07) is 0.0987. The van der Waals surface area contributed by atoms with Gasteiger partial charge >= 0.3 is 0 Å². The molecule has 2 unspecified atom stereocenters. The fourth-order valence-electron chi connectivity index (χ4n) is 2.46. The Kier molecular flexibility index (Phi) is 4.97. The van der Waals surface area contributed by atoms with E-state index >= 15 is 0 Å². The topological polar surface area (TPSA) is 70.7 Å². The van der Waals surface area contributed by atoms with Crippen LogP contribution >= 0.6 is 0 Å². The average molecular weight is 277 g/mol. The van der Waals surface area contributed by atoms with Gasteiger partial charge in [0.25, 0.3) is 10.2 Å². The Morgan fingerprint density at radius 1 is 1.44 bits per heavy atom. The lowest BCUT2D eigenvalue weighted by molar-refractivity contribution is 0.0320. The minimum atomic E-state index is -3.36. The third-order valence-electron chi connectivity index (χ3n) is 3.55. The van der Waals surface area contributed by atoms with E-state index in [0.717, 1.165) is 25.8 Å². The molecule has 0 aliphatic carbocycles. The summed E-state index contributed by atoms with van der Waals surface area (Å²) in [5, 5.41) is 3.19. The van der Waals surface area contributed by atoms with Gasteiger partial charge in [-0.25, -0.2) is 0 Å². The zero-order valence-electron chi connectivity index (χ0n) is 10.9. The molecule has 0 saturated carbocycles. The van der Waals surface area contributed by atoms with Crippen molar-refractivity contribution in [1.82, 2.24) is 14.3 Å². The zero-order valence-corrected chi connectivity index (χ0v) is 11.7. The van der Waals surface area contributed by atoms with Crippen LogP contribution in [0.2, 0.25) is 0 Å². The van der Waals surface area contributed by atoms with Gasteiger partial charge in [-0.1, -0.05) is 6.42 Å². The highest BCUT2D eigenvalue weighted by Gasteiger charge is 2.29. The minimum Gasteiger partial charge on any atom is -0.374 e. The second-order valence-corrected chi connectivity index (χ2v) is 6.71. The van der Waals surface area contributed by atoms with Gasteiger partial charge in [0.05, 0.1) is 12.7 Å². The fraction of sp³-hybridized carbons (Fsp3) is 1.00. The molecule has 2 N–H and O–H groups in total. The lowest BCUT2D eigenvalue weighted by Crippen LogP contribution is -2.51. The van der Waals surface area contributed by atoms with E-state index in [0.29, 0.717) is 26.2 Å². The van der Waals surface area contributed by atoms with Crippen molar-refractivity contribution in [3.63, 3.8) is 0 Å². The molecule has 0 aromatic carbocycles. The molecule has 0 amide bonds. The van der Waals surface area contributed by atoms with E-state index in [4.69, 9.17) is 4.74 Å². The first kappa shape index (κ1) is 14.2. The number of morpholine rings is 1. The maximum absolute atomic E-state index is 12.2. The van der Waals surface area contributed by atoms with Gasteiger partial charge in [0.15, 0.2) is 0 Å². The van der Waals surface area contributed by atoms with Gasteiger partial charge in [0.1, 0.15) is 0 Å². The molecule has 7 heteroatoms. The Bertz CT molecular complexity index is 355. The number of nitrogens with one attached hydrogen (secondary N) is 2.